The van der Waals surface area contributed by atoms with Gasteiger partial charge in [0.1, 0.15) is 5.82 Å². The fourth-order valence-corrected chi connectivity index (χ4v) is 4.75. The molecule has 0 spiro atoms. The number of ether oxygens (including phenoxy) is 1. The Morgan fingerprint density at radius 2 is 1.74 bits per heavy atom. The SMILES string of the molecule is COC(=O)c1cc(F)cc(C)c1NC(=O)C1([N+]2(C)CCCCCC2)CCC1. The highest BCUT2D eigenvalue weighted by molar-refractivity contribution is 6.05. The van der Waals surface area contributed by atoms with Gasteiger partial charge in [-0.2, -0.15) is 0 Å². The van der Waals surface area contributed by atoms with Crippen LogP contribution in [0.25, 0.3) is 0 Å². The molecule has 1 saturated heterocycles. The topological polar surface area (TPSA) is 55.4 Å². The Kier molecular flexibility index (Phi) is 5.56. The third-order valence-corrected chi connectivity index (χ3v) is 6.63. The van der Waals surface area contributed by atoms with E-state index in [0.717, 1.165) is 55.7 Å². The second kappa shape index (κ2) is 7.58. The Balaban J connectivity index is 1.93. The predicted octanol–water partition coefficient (Wildman–Crippen LogP) is 3.80. The van der Waals surface area contributed by atoms with E-state index in [2.05, 4.69) is 12.4 Å². The summed E-state index contributed by atoms with van der Waals surface area (Å²) in [7, 11) is 3.45. The average Bonchev–Trinajstić information content (AvgIpc) is 2.80. The van der Waals surface area contributed by atoms with E-state index in [-0.39, 0.29) is 11.5 Å². The quantitative estimate of drug-likeness (QED) is 0.641. The lowest BCUT2D eigenvalue weighted by Crippen LogP contribution is -2.71. The Morgan fingerprint density at radius 1 is 1.11 bits per heavy atom. The van der Waals surface area contributed by atoms with Crippen LogP contribution in [0, 0.1) is 12.7 Å². The van der Waals surface area contributed by atoms with Crippen LogP contribution in [0.5, 0.6) is 0 Å². The number of methoxy groups -OCH3 is 1. The van der Waals surface area contributed by atoms with Crippen molar-refractivity contribution >= 4 is 17.6 Å². The monoisotopic (exact) mass is 377 g/mol. The van der Waals surface area contributed by atoms with E-state index in [1.807, 2.05) is 0 Å². The molecule has 148 valence electrons. The molecule has 0 bridgehead atoms. The van der Waals surface area contributed by atoms with Gasteiger partial charge < -0.3 is 14.5 Å². The molecule has 3 rings (SSSR count). The van der Waals surface area contributed by atoms with E-state index in [0.29, 0.717) is 11.3 Å². The average molecular weight is 377 g/mol. The van der Waals surface area contributed by atoms with Crippen LogP contribution >= 0.6 is 0 Å². The number of benzene rings is 1. The molecule has 5 nitrogen and oxygen atoms in total. The summed E-state index contributed by atoms with van der Waals surface area (Å²) in [6.07, 6.45) is 7.44. The predicted molar refractivity (Wildman–Crippen MR) is 102 cm³/mol. The molecular formula is C21H30FN2O3+. The van der Waals surface area contributed by atoms with Crippen molar-refractivity contribution in [3.8, 4) is 0 Å². The molecule has 6 heteroatoms. The van der Waals surface area contributed by atoms with Gasteiger partial charge in [-0.3, -0.25) is 4.79 Å². The van der Waals surface area contributed by atoms with E-state index in [1.165, 1.54) is 26.0 Å². The van der Waals surface area contributed by atoms with Gasteiger partial charge in [-0.15, -0.1) is 0 Å². The first kappa shape index (κ1) is 19.8. The van der Waals surface area contributed by atoms with Gasteiger partial charge in [0.15, 0.2) is 5.54 Å². The largest absolute Gasteiger partial charge is 0.465 e. The van der Waals surface area contributed by atoms with Crippen LogP contribution in [0.1, 0.15) is 60.9 Å². The highest BCUT2D eigenvalue weighted by atomic mass is 19.1. The zero-order valence-corrected chi connectivity index (χ0v) is 16.6. The van der Waals surface area contributed by atoms with E-state index in [1.54, 1.807) is 6.92 Å². The summed E-state index contributed by atoms with van der Waals surface area (Å²) >= 11 is 0. The highest BCUT2D eigenvalue weighted by Crippen LogP contribution is 2.44. The molecule has 0 aromatic heterocycles. The lowest BCUT2D eigenvalue weighted by atomic mass is 9.72. The van der Waals surface area contributed by atoms with Crippen molar-refractivity contribution in [3.63, 3.8) is 0 Å². The Bertz CT molecular complexity index is 735. The summed E-state index contributed by atoms with van der Waals surface area (Å²) in [6.45, 7) is 3.69. The summed E-state index contributed by atoms with van der Waals surface area (Å²) in [5.41, 5.74) is 0.493. The number of carbonyl (C=O) groups excluding carboxylic acids is 2. The minimum atomic E-state index is -0.647. The summed E-state index contributed by atoms with van der Waals surface area (Å²) < 4.78 is 19.4. The van der Waals surface area contributed by atoms with Crippen molar-refractivity contribution in [2.24, 2.45) is 0 Å². The number of nitrogens with zero attached hydrogens (tertiary/aromatic N) is 1. The number of anilines is 1. The van der Waals surface area contributed by atoms with Gasteiger partial charge >= 0.3 is 5.97 Å². The standard InChI is InChI=1S/C21H29FN2O3/c1-15-13-16(22)14-17(19(25)27-3)18(15)23-20(26)21(9-8-10-21)24(2)11-6-4-5-7-12-24/h13-14H,4-12H2,1-3H3/p+1. The number of halogens is 1. The number of amides is 1. The number of carbonyl (C=O) groups is 2. The number of nitrogens with one attached hydrogen (secondary N) is 1. The van der Waals surface area contributed by atoms with Crippen LogP contribution in [0.2, 0.25) is 0 Å². The number of likely N-dealkylation sites (N-methyl/N-ethyl adjacent to an activating group) is 1. The summed E-state index contributed by atoms with van der Waals surface area (Å²) in [6, 6.07) is 2.46. The third kappa shape index (κ3) is 3.47. The number of hydrogen-bond donors (Lipinski definition) is 1. The Labute approximate surface area is 160 Å². The summed E-state index contributed by atoms with van der Waals surface area (Å²) in [4.78, 5) is 25.6. The second-order valence-corrected chi connectivity index (χ2v) is 8.23. The molecular weight excluding hydrogens is 347 g/mol. The molecule has 0 radical (unpaired) electrons. The Hall–Kier alpha value is -1.95. The zero-order valence-electron chi connectivity index (χ0n) is 16.6. The lowest BCUT2D eigenvalue weighted by Gasteiger charge is -2.54. The van der Waals surface area contributed by atoms with Gasteiger partial charge in [-0.05, 0) is 56.7 Å². The maximum Gasteiger partial charge on any atom is 0.340 e. The van der Waals surface area contributed by atoms with E-state index < -0.39 is 17.3 Å². The summed E-state index contributed by atoms with van der Waals surface area (Å²) in [5.74, 6) is -1.22. The number of quaternary nitrogens is 1. The summed E-state index contributed by atoms with van der Waals surface area (Å²) in [5, 5.41) is 2.98. The molecule has 1 aliphatic heterocycles. The van der Waals surface area contributed by atoms with Gasteiger partial charge in [0.2, 0.25) is 0 Å². The van der Waals surface area contributed by atoms with E-state index >= 15 is 0 Å². The third-order valence-electron chi connectivity index (χ3n) is 6.63. The van der Waals surface area contributed by atoms with Crippen LogP contribution in [0.15, 0.2) is 12.1 Å². The number of esters is 1. The van der Waals surface area contributed by atoms with Crippen LogP contribution in [0.4, 0.5) is 10.1 Å². The molecule has 1 aromatic rings. The maximum atomic E-state index is 13.8. The van der Waals surface area contributed by atoms with Crippen LogP contribution in [-0.2, 0) is 9.53 Å². The van der Waals surface area contributed by atoms with Crippen molar-refractivity contribution in [1.82, 2.24) is 0 Å². The molecule has 27 heavy (non-hydrogen) atoms. The zero-order chi connectivity index (χ0) is 19.7. The smallest absolute Gasteiger partial charge is 0.340 e. The second-order valence-electron chi connectivity index (χ2n) is 8.23. The van der Waals surface area contributed by atoms with Crippen LogP contribution in [0.3, 0.4) is 0 Å². The molecule has 1 amide bonds. The van der Waals surface area contributed by atoms with Crippen molar-refractivity contribution in [1.29, 1.82) is 0 Å². The first-order valence-electron chi connectivity index (χ1n) is 9.87. The van der Waals surface area contributed by atoms with Crippen LogP contribution < -0.4 is 5.32 Å². The van der Waals surface area contributed by atoms with Gasteiger partial charge in [0.05, 0.1) is 38.5 Å². The number of likely N-dealkylation sites (tertiary alicyclic amines) is 1. The van der Waals surface area contributed by atoms with Gasteiger partial charge in [0, 0.05) is 12.8 Å². The molecule has 2 fully saturated rings. The van der Waals surface area contributed by atoms with Crippen LogP contribution in [-0.4, -0.2) is 49.1 Å². The lowest BCUT2D eigenvalue weighted by molar-refractivity contribution is -0.954. The highest BCUT2D eigenvalue weighted by Gasteiger charge is 2.58. The molecule has 1 aromatic carbocycles. The van der Waals surface area contributed by atoms with Crippen molar-refractivity contribution in [2.45, 2.75) is 57.4 Å². The molecule has 1 N–H and O–H groups in total. The first-order chi connectivity index (χ1) is 12.8. The van der Waals surface area contributed by atoms with Crippen molar-refractivity contribution < 1.29 is 23.2 Å². The number of rotatable bonds is 4. The minimum Gasteiger partial charge on any atom is -0.465 e. The molecule has 1 aliphatic carbocycles. The molecule has 2 aliphatic rings. The Morgan fingerprint density at radius 3 is 2.26 bits per heavy atom. The first-order valence-corrected chi connectivity index (χ1v) is 9.87. The van der Waals surface area contributed by atoms with E-state index in [9.17, 15) is 14.0 Å². The van der Waals surface area contributed by atoms with Gasteiger partial charge in [-0.1, -0.05) is 0 Å². The molecule has 0 unspecified atom stereocenters. The molecule has 0 atom stereocenters. The normalized spacial score (nSPS) is 20.9. The van der Waals surface area contributed by atoms with Gasteiger partial charge in [0.25, 0.3) is 5.91 Å². The molecule has 1 saturated carbocycles. The number of hydrogen-bond acceptors (Lipinski definition) is 3. The minimum absolute atomic E-state index is 0.0574. The number of aryl methyl sites for hydroxylation is 1. The van der Waals surface area contributed by atoms with E-state index in [4.69, 9.17) is 4.74 Å². The van der Waals surface area contributed by atoms with Gasteiger partial charge in [-0.25, -0.2) is 9.18 Å². The maximum absolute atomic E-state index is 13.8. The fraction of sp³-hybridized carbons (Fsp3) is 0.619. The molecule has 1 heterocycles. The van der Waals surface area contributed by atoms with Crippen molar-refractivity contribution in [3.05, 3.63) is 29.1 Å². The fourth-order valence-electron chi connectivity index (χ4n) is 4.75. The van der Waals surface area contributed by atoms with Crippen molar-refractivity contribution in [2.75, 3.05) is 32.6 Å².